The molecule has 0 bridgehead atoms. The predicted octanol–water partition coefficient (Wildman–Crippen LogP) is 0.430. The molecule has 2 N–H and O–H groups in total. The summed E-state index contributed by atoms with van der Waals surface area (Å²) in [7, 11) is 0. The van der Waals surface area contributed by atoms with Crippen LogP contribution in [0.3, 0.4) is 0 Å². The van der Waals surface area contributed by atoms with E-state index < -0.39 is 0 Å². The fourth-order valence-electron chi connectivity index (χ4n) is 2.89. The molecule has 108 valence electrons. The van der Waals surface area contributed by atoms with Gasteiger partial charge in [-0.1, -0.05) is 11.6 Å². The molecule has 20 heavy (non-hydrogen) atoms. The lowest BCUT2D eigenvalue weighted by Crippen LogP contribution is -2.63. The lowest BCUT2D eigenvalue weighted by atomic mass is 10.0. The number of phenols is 1. The second-order valence-corrected chi connectivity index (χ2v) is 5.67. The van der Waals surface area contributed by atoms with Crippen molar-refractivity contribution in [1.82, 2.24) is 15.1 Å². The molecule has 0 radical (unpaired) electrons. The van der Waals surface area contributed by atoms with Gasteiger partial charge in [-0.05, 0) is 19.1 Å². The summed E-state index contributed by atoms with van der Waals surface area (Å²) in [6.07, 6.45) is 0. The van der Waals surface area contributed by atoms with Crippen LogP contribution in [-0.2, 0) is 0 Å². The molecule has 0 aromatic heterocycles. The van der Waals surface area contributed by atoms with Crippen LogP contribution < -0.4 is 5.32 Å². The maximum atomic E-state index is 12.4. The lowest BCUT2D eigenvalue weighted by molar-refractivity contribution is 0.0225. The van der Waals surface area contributed by atoms with E-state index in [1.54, 1.807) is 12.1 Å². The maximum Gasteiger partial charge on any atom is 0.257 e. The van der Waals surface area contributed by atoms with E-state index in [2.05, 4.69) is 10.2 Å². The first-order valence-corrected chi connectivity index (χ1v) is 7.19. The Morgan fingerprint density at radius 1 is 1.30 bits per heavy atom. The Labute approximate surface area is 119 Å². The van der Waals surface area contributed by atoms with Gasteiger partial charge in [-0.15, -0.1) is 0 Å². The molecule has 5 nitrogen and oxygen atoms in total. The highest BCUT2D eigenvalue weighted by molar-refractivity contribution is 5.97. The van der Waals surface area contributed by atoms with E-state index in [9.17, 15) is 9.90 Å². The molecular formula is C15H21N3O2. The summed E-state index contributed by atoms with van der Waals surface area (Å²) in [5.74, 6) is 0.0174. The van der Waals surface area contributed by atoms with Crippen molar-refractivity contribution < 1.29 is 9.90 Å². The summed E-state index contributed by atoms with van der Waals surface area (Å²) in [6, 6.07) is 5.64. The summed E-state index contributed by atoms with van der Waals surface area (Å²) in [5, 5.41) is 13.2. The van der Waals surface area contributed by atoms with Crippen molar-refractivity contribution in [3.8, 4) is 5.75 Å². The number of piperazine rings is 1. The topological polar surface area (TPSA) is 55.8 Å². The van der Waals surface area contributed by atoms with Gasteiger partial charge in [0.25, 0.3) is 5.91 Å². The van der Waals surface area contributed by atoms with Gasteiger partial charge in [0.2, 0.25) is 0 Å². The van der Waals surface area contributed by atoms with Gasteiger partial charge in [0.15, 0.2) is 0 Å². The van der Waals surface area contributed by atoms with Crippen molar-refractivity contribution in [3.63, 3.8) is 0 Å². The van der Waals surface area contributed by atoms with E-state index >= 15 is 0 Å². The predicted molar refractivity (Wildman–Crippen MR) is 77.0 cm³/mol. The zero-order chi connectivity index (χ0) is 14.1. The van der Waals surface area contributed by atoms with Gasteiger partial charge < -0.3 is 15.3 Å². The smallest absolute Gasteiger partial charge is 0.257 e. The molecule has 0 aliphatic carbocycles. The number of hydrogen-bond acceptors (Lipinski definition) is 4. The summed E-state index contributed by atoms with van der Waals surface area (Å²) < 4.78 is 0. The summed E-state index contributed by atoms with van der Waals surface area (Å²) in [4.78, 5) is 16.6. The van der Waals surface area contributed by atoms with Crippen LogP contribution in [0.15, 0.2) is 18.2 Å². The van der Waals surface area contributed by atoms with Crippen LogP contribution >= 0.6 is 0 Å². The van der Waals surface area contributed by atoms with E-state index in [-0.39, 0.29) is 11.7 Å². The number of nitrogens with one attached hydrogen (secondary N) is 1. The molecule has 2 aliphatic heterocycles. The SMILES string of the molecule is Cc1ccc(O)c(C(=O)N2CC(N3CCNCC3)C2)c1. The van der Waals surface area contributed by atoms with Crippen molar-refractivity contribution >= 4 is 5.91 Å². The zero-order valence-electron chi connectivity index (χ0n) is 11.8. The van der Waals surface area contributed by atoms with Crippen LogP contribution in [0, 0.1) is 6.92 Å². The Morgan fingerprint density at radius 2 is 2.00 bits per heavy atom. The van der Waals surface area contributed by atoms with Crippen LogP contribution in [0.2, 0.25) is 0 Å². The Morgan fingerprint density at radius 3 is 2.70 bits per heavy atom. The quantitative estimate of drug-likeness (QED) is 0.822. The van der Waals surface area contributed by atoms with E-state index in [1.807, 2.05) is 17.9 Å². The normalized spacial score (nSPS) is 20.8. The number of hydrogen-bond donors (Lipinski definition) is 2. The number of likely N-dealkylation sites (tertiary alicyclic amines) is 1. The van der Waals surface area contributed by atoms with Gasteiger partial charge in [0.1, 0.15) is 5.75 Å². The van der Waals surface area contributed by atoms with Gasteiger partial charge in [-0.2, -0.15) is 0 Å². The van der Waals surface area contributed by atoms with Crippen molar-refractivity contribution in [1.29, 1.82) is 0 Å². The third kappa shape index (κ3) is 2.51. The van der Waals surface area contributed by atoms with Crippen molar-refractivity contribution in [2.45, 2.75) is 13.0 Å². The molecule has 0 saturated carbocycles. The third-order valence-corrected chi connectivity index (χ3v) is 4.20. The summed E-state index contributed by atoms with van der Waals surface area (Å²) in [5.41, 5.74) is 1.41. The number of carbonyl (C=O) groups is 1. The first-order valence-electron chi connectivity index (χ1n) is 7.19. The Kier molecular flexibility index (Phi) is 3.63. The summed E-state index contributed by atoms with van der Waals surface area (Å²) >= 11 is 0. The molecule has 1 amide bonds. The minimum Gasteiger partial charge on any atom is -0.507 e. The molecule has 2 fully saturated rings. The standard InChI is InChI=1S/C15H21N3O2/c1-11-2-3-14(19)13(8-11)15(20)18-9-12(10-18)17-6-4-16-5-7-17/h2-3,8,12,16,19H,4-7,9-10H2,1H3. The highest BCUT2D eigenvalue weighted by Crippen LogP contribution is 2.24. The van der Waals surface area contributed by atoms with Crippen LogP contribution in [0.4, 0.5) is 0 Å². The van der Waals surface area contributed by atoms with Gasteiger partial charge >= 0.3 is 0 Å². The molecule has 2 saturated heterocycles. The van der Waals surface area contributed by atoms with Crippen LogP contribution in [-0.4, -0.2) is 66.1 Å². The highest BCUT2D eigenvalue weighted by atomic mass is 16.3. The fourth-order valence-corrected chi connectivity index (χ4v) is 2.89. The van der Waals surface area contributed by atoms with Gasteiger partial charge in [-0.25, -0.2) is 0 Å². The zero-order valence-corrected chi connectivity index (χ0v) is 11.8. The lowest BCUT2D eigenvalue weighted by Gasteiger charge is -2.46. The number of rotatable bonds is 2. The Balaban J connectivity index is 1.61. The number of aryl methyl sites for hydroxylation is 1. The van der Waals surface area contributed by atoms with E-state index in [0.29, 0.717) is 11.6 Å². The number of carbonyl (C=O) groups excluding carboxylic acids is 1. The molecule has 0 unspecified atom stereocenters. The minimum atomic E-state index is -0.0578. The van der Waals surface area contributed by atoms with Gasteiger partial charge in [0, 0.05) is 45.3 Å². The van der Waals surface area contributed by atoms with Crippen molar-refractivity contribution in [2.75, 3.05) is 39.3 Å². The maximum absolute atomic E-state index is 12.4. The van der Waals surface area contributed by atoms with E-state index in [1.165, 1.54) is 0 Å². The molecule has 2 heterocycles. The first-order chi connectivity index (χ1) is 9.65. The van der Waals surface area contributed by atoms with E-state index in [0.717, 1.165) is 44.8 Å². The average molecular weight is 275 g/mol. The second kappa shape index (κ2) is 5.42. The number of nitrogens with zero attached hydrogens (tertiary/aromatic N) is 2. The molecule has 0 atom stereocenters. The fraction of sp³-hybridized carbons (Fsp3) is 0.533. The van der Waals surface area contributed by atoms with Crippen LogP contribution in [0.25, 0.3) is 0 Å². The number of amides is 1. The Hall–Kier alpha value is -1.59. The second-order valence-electron chi connectivity index (χ2n) is 5.67. The van der Waals surface area contributed by atoms with Crippen LogP contribution in [0.1, 0.15) is 15.9 Å². The molecule has 3 rings (SSSR count). The highest BCUT2D eigenvalue weighted by Gasteiger charge is 2.36. The molecule has 1 aromatic rings. The Bertz CT molecular complexity index is 506. The largest absolute Gasteiger partial charge is 0.507 e. The van der Waals surface area contributed by atoms with Gasteiger partial charge in [0.05, 0.1) is 5.56 Å². The van der Waals surface area contributed by atoms with Crippen molar-refractivity contribution in [2.24, 2.45) is 0 Å². The minimum absolute atomic E-state index is 0.0578. The molecule has 5 heteroatoms. The number of aromatic hydroxyl groups is 1. The molecular weight excluding hydrogens is 254 g/mol. The molecule has 2 aliphatic rings. The number of phenolic OH excluding ortho intramolecular Hbond substituents is 1. The molecule has 1 aromatic carbocycles. The average Bonchev–Trinajstić information content (AvgIpc) is 2.41. The van der Waals surface area contributed by atoms with Gasteiger partial charge in [-0.3, -0.25) is 9.69 Å². The third-order valence-electron chi connectivity index (χ3n) is 4.20. The summed E-state index contributed by atoms with van der Waals surface area (Å²) in [6.45, 7) is 7.64. The monoisotopic (exact) mass is 275 g/mol. The number of benzene rings is 1. The van der Waals surface area contributed by atoms with Crippen molar-refractivity contribution in [3.05, 3.63) is 29.3 Å². The first kappa shape index (κ1) is 13.4. The molecule has 0 spiro atoms. The van der Waals surface area contributed by atoms with Crippen LogP contribution in [0.5, 0.6) is 5.75 Å². The van der Waals surface area contributed by atoms with E-state index in [4.69, 9.17) is 0 Å².